The van der Waals surface area contributed by atoms with Gasteiger partial charge in [0.1, 0.15) is 5.69 Å². The number of carbonyl (C=O) groups is 1. The summed E-state index contributed by atoms with van der Waals surface area (Å²) in [5, 5.41) is 21.4. The lowest BCUT2D eigenvalue weighted by molar-refractivity contribution is 0.0950. The molecule has 1 aromatic heterocycles. The Morgan fingerprint density at radius 1 is 1.33 bits per heavy atom. The average molecular weight is 385 g/mol. The number of hydrogen-bond donors (Lipinski definition) is 3. The summed E-state index contributed by atoms with van der Waals surface area (Å²) in [6, 6.07) is 13.8. The van der Waals surface area contributed by atoms with Crippen molar-refractivity contribution < 1.29 is 14.6 Å². The Balaban J connectivity index is 1.67. The molecule has 0 bridgehead atoms. The van der Waals surface area contributed by atoms with E-state index in [0.29, 0.717) is 28.6 Å². The van der Waals surface area contributed by atoms with Crippen LogP contribution < -0.4 is 10.2 Å². The van der Waals surface area contributed by atoms with Crippen LogP contribution in [0, 0.1) is 0 Å². The van der Waals surface area contributed by atoms with Gasteiger partial charge in [-0.1, -0.05) is 29.8 Å². The smallest absolute Gasteiger partial charge is 0.289 e. The number of aromatic hydroxyl groups is 1. The predicted octanol–water partition coefficient (Wildman–Crippen LogP) is 3.60. The molecule has 0 saturated heterocycles. The third-order valence-electron chi connectivity index (χ3n) is 3.66. The number of halogens is 1. The number of carbonyl (C=O) groups excluding carboxylic acids is 1. The number of rotatable bonds is 6. The van der Waals surface area contributed by atoms with Crippen LogP contribution in [0.5, 0.6) is 11.5 Å². The Kier molecular flexibility index (Phi) is 5.73. The number of phenols is 1. The molecule has 2 aromatic carbocycles. The van der Waals surface area contributed by atoms with E-state index in [9.17, 15) is 9.90 Å². The summed E-state index contributed by atoms with van der Waals surface area (Å²) in [4.78, 5) is 12.2. The van der Waals surface area contributed by atoms with Gasteiger partial charge in [0.05, 0.1) is 18.5 Å². The molecule has 27 heavy (non-hydrogen) atoms. The van der Waals surface area contributed by atoms with Gasteiger partial charge in [-0.15, -0.1) is 0 Å². The second-order valence-electron chi connectivity index (χ2n) is 5.50. The monoisotopic (exact) mass is 384 g/mol. The van der Waals surface area contributed by atoms with Crippen molar-refractivity contribution in [3.8, 4) is 22.8 Å². The first-order valence-electron chi connectivity index (χ1n) is 8.18. The largest absolute Gasteiger partial charge is 0.504 e. The molecule has 3 rings (SSSR count). The molecule has 0 aliphatic carbocycles. The van der Waals surface area contributed by atoms with Crippen molar-refractivity contribution in [1.29, 1.82) is 0 Å². The second-order valence-corrected chi connectivity index (χ2v) is 5.94. The van der Waals surface area contributed by atoms with Crippen LogP contribution in [-0.4, -0.2) is 34.0 Å². The molecule has 1 amide bonds. The lowest BCUT2D eigenvalue weighted by Crippen LogP contribution is -2.18. The van der Waals surface area contributed by atoms with Crippen LogP contribution >= 0.6 is 11.6 Å². The number of ether oxygens (including phenoxy) is 1. The van der Waals surface area contributed by atoms with Gasteiger partial charge >= 0.3 is 0 Å². The summed E-state index contributed by atoms with van der Waals surface area (Å²) in [5.74, 6) is -0.141. The Hall–Kier alpha value is -3.32. The van der Waals surface area contributed by atoms with E-state index < -0.39 is 5.91 Å². The van der Waals surface area contributed by atoms with Crippen molar-refractivity contribution in [2.75, 3.05) is 6.61 Å². The molecule has 3 aromatic rings. The summed E-state index contributed by atoms with van der Waals surface area (Å²) in [5.41, 5.74) is 4.51. The van der Waals surface area contributed by atoms with Crippen LogP contribution in [0.25, 0.3) is 11.3 Å². The summed E-state index contributed by atoms with van der Waals surface area (Å²) in [6.45, 7) is 2.25. The highest BCUT2D eigenvalue weighted by atomic mass is 35.5. The van der Waals surface area contributed by atoms with Crippen molar-refractivity contribution in [1.82, 2.24) is 15.6 Å². The number of benzene rings is 2. The van der Waals surface area contributed by atoms with Gasteiger partial charge < -0.3 is 9.84 Å². The summed E-state index contributed by atoms with van der Waals surface area (Å²) in [7, 11) is 0. The van der Waals surface area contributed by atoms with Crippen molar-refractivity contribution in [2.45, 2.75) is 6.92 Å². The Morgan fingerprint density at radius 3 is 2.85 bits per heavy atom. The van der Waals surface area contributed by atoms with Crippen LogP contribution in [-0.2, 0) is 0 Å². The Morgan fingerprint density at radius 2 is 2.11 bits per heavy atom. The number of amides is 1. The number of aromatic nitrogens is 2. The van der Waals surface area contributed by atoms with E-state index in [2.05, 4.69) is 20.7 Å². The maximum Gasteiger partial charge on any atom is 0.289 e. The molecule has 0 aliphatic heterocycles. The zero-order chi connectivity index (χ0) is 19.2. The molecule has 7 nitrogen and oxygen atoms in total. The molecule has 3 N–H and O–H groups in total. The molecule has 0 radical (unpaired) electrons. The van der Waals surface area contributed by atoms with Crippen molar-refractivity contribution in [2.24, 2.45) is 5.10 Å². The molecule has 8 heteroatoms. The van der Waals surface area contributed by atoms with Gasteiger partial charge in [-0.25, -0.2) is 5.43 Å². The lowest BCUT2D eigenvalue weighted by atomic mass is 10.1. The van der Waals surface area contributed by atoms with Gasteiger partial charge in [-0.2, -0.15) is 10.2 Å². The normalized spacial score (nSPS) is 10.9. The first kappa shape index (κ1) is 18.5. The van der Waals surface area contributed by atoms with Crippen LogP contribution in [0.1, 0.15) is 23.0 Å². The van der Waals surface area contributed by atoms with Crippen molar-refractivity contribution in [3.05, 3.63) is 64.8 Å². The number of phenolic OH excluding ortho intramolecular Hbond substituents is 1. The second kappa shape index (κ2) is 8.37. The molecular weight excluding hydrogens is 368 g/mol. The fourth-order valence-electron chi connectivity index (χ4n) is 2.34. The van der Waals surface area contributed by atoms with Crippen LogP contribution in [0.4, 0.5) is 0 Å². The molecule has 1 heterocycles. The highest BCUT2D eigenvalue weighted by Gasteiger charge is 2.11. The third-order valence-corrected chi connectivity index (χ3v) is 3.91. The number of H-pyrrole nitrogens is 1. The van der Waals surface area contributed by atoms with E-state index in [4.69, 9.17) is 16.3 Å². The van der Waals surface area contributed by atoms with Gasteiger partial charge in [0.15, 0.2) is 11.5 Å². The average Bonchev–Trinajstić information content (AvgIpc) is 3.15. The minimum atomic E-state index is -0.459. The Bertz CT molecular complexity index is 967. The van der Waals surface area contributed by atoms with E-state index in [1.165, 1.54) is 6.21 Å². The van der Waals surface area contributed by atoms with Crippen molar-refractivity contribution >= 4 is 23.7 Å². The Labute approximate surface area is 160 Å². The lowest BCUT2D eigenvalue weighted by Gasteiger charge is -2.07. The number of para-hydroxylation sites is 1. The van der Waals surface area contributed by atoms with Gasteiger partial charge in [0, 0.05) is 16.1 Å². The van der Waals surface area contributed by atoms with Gasteiger partial charge in [-0.3, -0.25) is 9.89 Å². The summed E-state index contributed by atoms with van der Waals surface area (Å²) in [6.07, 6.45) is 1.34. The standard InChI is InChI=1S/C19H17ClN4O3/c1-2-27-17-5-3-4-13(18(17)25)11-21-24-19(26)16-10-15(22-23-16)12-6-8-14(20)9-7-12/h3-11,25H,2H2,1H3,(H,22,23)(H,24,26)/b21-11-. The molecule has 138 valence electrons. The number of nitrogens with one attached hydrogen (secondary N) is 2. The van der Waals surface area contributed by atoms with Crippen LogP contribution in [0.3, 0.4) is 0 Å². The molecular formula is C19H17ClN4O3. The van der Waals surface area contributed by atoms with E-state index in [1.807, 2.05) is 19.1 Å². The first-order chi connectivity index (χ1) is 13.1. The highest BCUT2D eigenvalue weighted by Crippen LogP contribution is 2.28. The fraction of sp³-hybridized carbons (Fsp3) is 0.105. The number of nitrogens with zero attached hydrogens (tertiary/aromatic N) is 2. The maximum absolute atomic E-state index is 12.2. The van der Waals surface area contributed by atoms with Gasteiger partial charge in [0.25, 0.3) is 5.91 Å². The number of hydrogen-bond acceptors (Lipinski definition) is 5. The highest BCUT2D eigenvalue weighted by molar-refractivity contribution is 6.30. The van der Waals surface area contributed by atoms with E-state index in [-0.39, 0.29) is 11.4 Å². The minimum Gasteiger partial charge on any atom is -0.504 e. The third kappa shape index (κ3) is 4.45. The molecule has 0 unspecified atom stereocenters. The molecule has 0 atom stereocenters. The first-order valence-corrected chi connectivity index (χ1v) is 8.56. The SMILES string of the molecule is CCOc1cccc(/C=N\NC(=O)c2cc(-c3ccc(Cl)cc3)n[nH]2)c1O. The van der Waals surface area contributed by atoms with E-state index >= 15 is 0 Å². The molecule has 0 saturated carbocycles. The number of hydrazone groups is 1. The van der Waals surface area contributed by atoms with Gasteiger partial charge in [0.2, 0.25) is 0 Å². The summed E-state index contributed by atoms with van der Waals surface area (Å²) >= 11 is 5.87. The molecule has 0 fully saturated rings. The van der Waals surface area contributed by atoms with E-state index in [0.717, 1.165) is 5.56 Å². The van der Waals surface area contributed by atoms with E-state index in [1.54, 1.807) is 36.4 Å². The predicted molar refractivity (Wildman–Crippen MR) is 103 cm³/mol. The zero-order valence-corrected chi connectivity index (χ0v) is 15.2. The van der Waals surface area contributed by atoms with Gasteiger partial charge in [-0.05, 0) is 37.3 Å². The number of aromatic amines is 1. The quantitative estimate of drug-likeness (QED) is 0.446. The maximum atomic E-state index is 12.2. The minimum absolute atomic E-state index is 0.0380. The summed E-state index contributed by atoms with van der Waals surface area (Å²) < 4.78 is 5.31. The molecule has 0 spiro atoms. The zero-order valence-electron chi connectivity index (χ0n) is 14.4. The molecule has 0 aliphatic rings. The van der Waals surface area contributed by atoms with Crippen LogP contribution in [0.15, 0.2) is 53.6 Å². The fourth-order valence-corrected chi connectivity index (χ4v) is 2.47. The van der Waals surface area contributed by atoms with Crippen LogP contribution in [0.2, 0.25) is 5.02 Å². The topological polar surface area (TPSA) is 99.6 Å². The van der Waals surface area contributed by atoms with Crippen molar-refractivity contribution in [3.63, 3.8) is 0 Å².